The van der Waals surface area contributed by atoms with Crippen LogP contribution in [-0.2, 0) is 11.3 Å². The number of rotatable bonds is 9. The molecular weight excluding hydrogens is 486 g/mol. The molecule has 186 valence electrons. The lowest BCUT2D eigenvalue weighted by Gasteiger charge is -2.24. The highest BCUT2D eigenvalue weighted by molar-refractivity contribution is 7.81. The summed E-state index contributed by atoms with van der Waals surface area (Å²) in [4.78, 5) is 19.6. The molecule has 4 rings (SSSR count). The minimum absolute atomic E-state index is 0.229. The van der Waals surface area contributed by atoms with E-state index in [2.05, 4.69) is 32.9 Å². The van der Waals surface area contributed by atoms with Crippen LogP contribution in [0.5, 0.6) is 11.5 Å². The molecule has 0 unspecified atom stereocenters. The number of ether oxygens (including phenoxy) is 2. The number of carbonyl (C=O) groups excluding carboxylic acids is 1. The van der Waals surface area contributed by atoms with Gasteiger partial charge < -0.3 is 30.3 Å². The number of likely N-dealkylation sites (tertiary alicyclic amines) is 1. The number of carbonyl (C=O) groups is 1. The summed E-state index contributed by atoms with van der Waals surface area (Å²) < 4.78 is 11.5. The number of hydrogen-bond donors (Lipinski definition) is 3. The van der Waals surface area contributed by atoms with Crippen LogP contribution in [0, 0.1) is 0 Å². The molecule has 2 aliphatic rings. The van der Waals surface area contributed by atoms with Crippen LogP contribution in [0.1, 0.15) is 24.8 Å². The molecule has 1 aromatic carbocycles. The average molecular weight is 516 g/mol. The first-order chi connectivity index (χ1) is 17.0. The molecule has 0 saturated carbocycles. The fraction of sp³-hybridized carbons (Fsp3) is 0.400. The van der Waals surface area contributed by atoms with Crippen LogP contribution in [0.25, 0.3) is 0 Å². The summed E-state index contributed by atoms with van der Waals surface area (Å²) in [6, 6.07) is 7.66. The van der Waals surface area contributed by atoms with Crippen LogP contribution < -0.4 is 25.4 Å². The van der Waals surface area contributed by atoms with Crippen molar-refractivity contribution in [1.82, 2.24) is 20.5 Å². The maximum atomic E-state index is 12.8. The van der Waals surface area contributed by atoms with Crippen molar-refractivity contribution in [2.24, 2.45) is 0 Å². The molecule has 0 radical (unpaired) electrons. The Kier molecular flexibility index (Phi) is 8.43. The van der Waals surface area contributed by atoms with Crippen molar-refractivity contribution in [1.29, 1.82) is 0 Å². The second kappa shape index (κ2) is 11.7. The van der Waals surface area contributed by atoms with Crippen molar-refractivity contribution >= 4 is 40.4 Å². The minimum Gasteiger partial charge on any atom is -0.493 e. The van der Waals surface area contributed by atoms with E-state index in [9.17, 15) is 4.79 Å². The van der Waals surface area contributed by atoms with E-state index in [4.69, 9.17) is 33.3 Å². The Bertz CT molecular complexity index is 1130. The summed E-state index contributed by atoms with van der Waals surface area (Å²) in [5.74, 6) is 0.981. The number of amides is 1. The minimum atomic E-state index is -0.229. The topological polar surface area (TPSA) is 87.8 Å². The Hall–Kier alpha value is -2.88. The Labute approximate surface area is 216 Å². The molecule has 1 fully saturated rings. The van der Waals surface area contributed by atoms with Gasteiger partial charge in [0.2, 0.25) is 0 Å². The van der Waals surface area contributed by atoms with Crippen LogP contribution >= 0.6 is 23.8 Å². The van der Waals surface area contributed by atoms with Gasteiger partial charge in [0.1, 0.15) is 17.3 Å². The number of methoxy groups -OCH3 is 1. The first-order valence-corrected chi connectivity index (χ1v) is 12.4. The monoisotopic (exact) mass is 515 g/mol. The lowest BCUT2D eigenvalue weighted by Crippen LogP contribution is -2.39. The Morgan fingerprint density at radius 3 is 3.00 bits per heavy atom. The van der Waals surface area contributed by atoms with Gasteiger partial charge in [-0.3, -0.25) is 9.78 Å². The van der Waals surface area contributed by atoms with Crippen LogP contribution in [0.15, 0.2) is 47.9 Å². The van der Waals surface area contributed by atoms with Crippen molar-refractivity contribution in [3.05, 3.63) is 58.5 Å². The van der Waals surface area contributed by atoms with E-state index >= 15 is 0 Å². The zero-order valence-electron chi connectivity index (χ0n) is 19.9. The van der Waals surface area contributed by atoms with Crippen molar-refractivity contribution < 1.29 is 14.3 Å². The highest BCUT2D eigenvalue weighted by Crippen LogP contribution is 2.33. The predicted octanol–water partition coefficient (Wildman–Crippen LogP) is 3.52. The number of nitrogens with one attached hydrogen (secondary N) is 3. The number of hydrogen-bond acceptors (Lipinski definition) is 7. The van der Waals surface area contributed by atoms with Gasteiger partial charge in [-0.2, -0.15) is 0 Å². The highest BCUT2D eigenvalue weighted by Gasteiger charge is 2.25. The van der Waals surface area contributed by atoms with Gasteiger partial charge in [-0.05, 0) is 44.6 Å². The van der Waals surface area contributed by atoms with Crippen LogP contribution in [0.2, 0.25) is 5.02 Å². The molecule has 2 aromatic rings. The fourth-order valence-corrected chi connectivity index (χ4v) is 4.91. The standard InChI is InChI=1S/C25H30ClN5O3S/c1-31-12-4-5-17(31)15-34-21-14-27-10-8-16(21)13-29-19-9-11-28-24(32)22(19)25(35)30-20-7-3-6-18(26)23(20)33-2/h3,6-8,10,14,17,29H,4-5,9,11-13,15H2,1-2H3,(H,28,32)(H,30,35)/t17-/m0/s1. The summed E-state index contributed by atoms with van der Waals surface area (Å²) in [6.07, 6.45) is 6.44. The average Bonchev–Trinajstić information content (AvgIpc) is 3.26. The highest BCUT2D eigenvalue weighted by atomic mass is 35.5. The van der Waals surface area contributed by atoms with Gasteiger partial charge in [-0.15, -0.1) is 0 Å². The lowest BCUT2D eigenvalue weighted by molar-refractivity contribution is -0.117. The van der Waals surface area contributed by atoms with Gasteiger partial charge in [-0.25, -0.2) is 0 Å². The quantitative estimate of drug-likeness (QED) is 0.437. The molecule has 1 atom stereocenters. The first-order valence-electron chi connectivity index (χ1n) is 11.6. The van der Waals surface area contributed by atoms with E-state index in [1.54, 1.807) is 30.6 Å². The third-order valence-corrected chi connectivity index (χ3v) is 6.90. The largest absolute Gasteiger partial charge is 0.493 e. The van der Waals surface area contributed by atoms with E-state index < -0.39 is 0 Å². The maximum absolute atomic E-state index is 12.8. The number of para-hydroxylation sites is 1. The Balaban J connectivity index is 1.49. The van der Waals surface area contributed by atoms with Gasteiger partial charge in [0.15, 0.2) is 5.75 Å². The number of halogens is 1. The number of anilines is 1. The van der Waals surface area contributed by atoms with Gasteiger partial charge in [0, 0.05) is 43.0 Å². The molecule has 35 heavy (non-hydrogen) atoms. The van der Waals surface area contributed by atoms with E-state index in [1.807, 2.05) is 6.07 Å². The molecule has 3 heterocycles. The van der Waals surface area contributed by atoms with E-state index in [-0.39, 0.29) is 5.91 Å². The second-order valence-electron chi connectivity index (χ2n) is 8.56. The van der Waals surface area contributed by atoms with E-state index in [0.717, 1.165) is 30.0 Å². The molecule has 0 aliphatic carbocycles. The Morgan fingerprint density at radius 2 is 2.23 bits per heavy atom. The normalized spacial score (nSPS) is 18.3. The van der Waals surface area contributed by atoms with Gasteiger partial charge >= 0.3 is 0 Å². The van der Waals surface area contributed by atoms with Crippen LogP contribution in [-0.4, -0.2) is 60.7 Å². The third kappa shape index (κ3) is 6.04. The van der Waals surface area contributed by atoms with Crippen LogP contribution in [0.4, 0.5) is 5.69 Å². The molecule has 3 N–H and O–H groups in total. The summed E-state index contributed by atoms with van der Waals surface area (Å²) in [5.41, 5.74) is 2.73. The molecule has 1 amide bonds. The second-order valence-corrected chi connectivity index (χ2v) is 9.37. The lowest BCUT2D eigenvalue weighted by atomic mass is 10.1. The zero-order valence-corrected chi connectivity index (χ0v) is 21.5. The third-order valence-electron chi connectivity index (χ3n) is 6.30. The van der Waals surface area contributed by atoms with Gasteiger partial charge in [0.05, 0.1) is 29.6 Å². The molecule has 10 heteroatoms. The first kappa shape index (κ1) is 25.2. The number of benzene rings is 1. The molecule has 1 saturated heterocycles. The van der Waals surface area contributed by atoms with Crippen molar-refractivity contribution in [3.8, 4) is 11.5 Å². The number of pyridine rings is 1. The molecule has 0 spiro atoms. The van der Waals surface area contributed by atoms with Crippen molar-refractivity contribution in [2.75, 3.05) is 39.2 Å². The van der Waals surface area contributed by atoms with E-state index in [1.165, 1.54) is 13.5 Å². The molecule has 8 nitrogen and oxygen atoms in total. The molecule has 1 aromatic heterocycles. The summed E-state index contributed by atoms with van der Waals surface area (Å²) >= 11 is 11.9. The number of nitrogens with zero attached hydrogens (tertiary/aromatic N) is 2. The summed E-state index contributed by atoms with van der Waals surface area (Å²) in [5, 5.41) is 9.87. The molecule has 0 bridgehead atoms. The number of likely N-dealkylation sites (N-methyl/N-ethyl adjacent to an activating group) is 1. The fourth-order valence-electron chi connectivity index (χ4n) is 4.33. The molecule has 2 aliphatic heterocycles. The Morgan fingerprint density at radius 1 is 1.37 bits per heavy atom. The SMILES string of the molecule is COc1c(Cl)cccc1NC(=S)C1=C(NCc2ccncc2OC[C@@H]2CCCN2C)CCNC1=O. The summed E-state index contributed by atoms with van der Waals surface area (Å²) in [6.45, 7) is 2.74. The zero-order chi connectivity index (χ0) is 24.8. The van der Waals surface area contributed by atoms with Gasteiger partial charge in [0.25, 0.3) is 5.91 Å². The van der Waals surface area contributed by atoms with E-state index in [0.29, 0.717) is 59.2 Å². The number of thiocarbonyl (C=S) groups is 1. The van der Waals surface area contributed by atoms with Crippen LogP contribution in [0.3, 0.4) is 0 Å². The number of aromatic nitrogens is 1. The summed E-state index contributed by atoms with van der Waals surface area (Å²) in [7, 11) is 3.67. The van der Waals surface area contributed by atoms with Crippen molar-refractivity contribution in [2.45, 2.75) is 31.8 Å². The van der Waals surface area contributed by atoms with Gasteiger partial charge in [-0.1, -0.05) is 29.9 Å². The smallest absolute Gasteiger partial charge is 0.256 e. The molecular formula is C25H30ClN5O3S. The predicted molar refractivity (Wildman–Crippen MR) is 141 cm³/mol. The van der Waals surface area contributed by atoms with Crippen molar-refractivity contribution in [3.63, 3.8) is 0 Å². The maximum Gasteiger partial charge on any atom is 0.256 e.